The highest BCUT2D eigenvalue weighted by molar-refractivity contribution is 7.92. The van der Waals surface area contributed by atoms with E-state index >= 15 is 0 Å². The molecule has 0 saturated heterocycles. The number of aryl methyl sites for hydroxylation is 1. The van der Waals surface area contributed by atoms with Gasteiger partial charge in [-0.05, 0) is 36.5 Å². The van der Waals surface area contributed by atoms with E-state index in [4.69, 9.17) is 0 Å². The number of aromatic nitrogens is 3. The molecule has 4 aromatic rings. The zero-order valence-corrected chi connectivity index (χ0v) is 18.3. The van der Waals surface area contributed by atoms with Crippen LogP contribution in [0.15, 0.2) is 35.4 Å². The van der Waals surface area contributed by atoms with Crippen molar-refractivity contribution in [1.82, 2.24) is 14.5 Å². The van der Waals surface area contributed by atoms with E-state index in [9.17, 15) is 21.6 Å². The van der Waals surface area contributed by atoms with E-state index in [0.717, 1.165) is 29.8 Å². The van der Waals surface area contributed by atoms with Gasteiger partial charge in [0.25, 0.3) is 0 Å². The van der Waals surface area contributed by atoms with E-state index in [1.165, 1.54) is 16.9 Å². The molecule has 1 fully saturated rings. The van der Waals surface area contributed by atoms with Gasteiger partial charge in [0, 0.05) is 23.3 Å². The average molecular weight is 466 g/mol. The largest absolute Gasteiger partial charge is 0.417 e. The molecule has 31 heavy (non-hydrogen) atoms. The second-order valence-corrected chi connectivity index (χ2v) is 11.0. The monoisotopic (exact) mass is 465 g/mol. The zero-order chi connectivity index (χ0) is 22.1. The van der Waals surface area contributed by atoms with Crippen LogP contribution in [-0.2, 0) is 23.1 Å². The fourth-order valence-electron chi connectivity index (χ4n) is 3.79. The molecule has 0 unspecified atom stereocenters. The minimum atomic E-state index is -4.54. The van der Waals surface area contributed by atoms with E-state index in [1.54, 1.807) is 18.5 Å². The molecule has 3 aromatic heterocycles. The topological polar surface area (TPSA) is 64.8 Å². The third kappa shape index (κ3) is 3.32. The Hall–Kier alpha value is -2.46. The van der Waals surface area contributed by atoms with Crippen LogP contribution in [0.3, 0.4) is 0 Å². The van der Waals surface area contributed by atoms with Gasteiger partial charge in [0.2, 0.25) is 0 Å². The molecule has 3 heterocycles. The van der Waals surface area contributed by atoms with E-state index in [0.29, 0.717) is 22.0 Å². The lowest BCUT2D eigenvalue weighted by Gasteiger charge is -2.06. The average Bonchev–Trinajstić information content (AvgIpc) is 3.42. The van der Waals surface area contributed by atoms with Gasteiger partial charge in [0.05, 0.1) is 21.1 Å². The van der Waals surface area contributed by atoms with Crippen molar-refractivity contribution in [2.24, 2.45) is 7.05 Å². The number of imidazole rings is 1. The zero-order valence-electron chi connectivity index (χ0n) is 16.7. The number of halogens is 3. The molecule has 1 saturated carbocycles. The summed E-state index contributed by atoms with van der Waals surface area (Å²) in [7, 11) is -1.97. The highest BCUT2D eigenvalue weighted by Crippen LogP contribution is 2.46. The first kappa shape index (κ1) is 20.4. The molecule has 5 rings (SSSR count). The number of nitrogens with zero attached hydrogens (tertiary/aromatic N) is 3. The van der Waals surface area contributed by atoms with E-state index in [2.05, 4.69) is 9.97 Å². The lowest BCUT2D eigenvalue weighted by Crippen LogP contribution is -2.06. The molecule has 0 radical (unpaired) electrons. The van der Waals surface area contributed by atoms with Gasteiger partial charge in [-0.15, -0.1) is 11.3 Å². The maximum atomic E-state index is 13.1. The Kier molecular flexibility index (Phi) is 4.46. The van der Waals surface area contributed by atoms with Gasteiger partial charge in [-0.1, -0.05) is 19.1 Å². The summed E-state index contributed by atoms with van der Waals surface area (Å²) in [5, 5.41) is 0.627. The van der Waals surface area contributed by atoms with Crippen molar-refractivity contribution in [2.75, 3.05) is 5.75 Å². The Morgan fingerprint density at radius 2 is 1.97 bits per heavy atom. The van der Waals surface area contributed by atoms with Crippen LogP contribution in [0.25, 0.3) is 32.0 Å². The molecule has 1 aliphatic rings. The minimum Gasteiger partial charge on any atom is -0.311 e. The van der Waals surface area contributed by atoms with Gasteiger partial charge >= 0.3 is 6.18 Å². The van der Waals surface area contributed by atoms with Crippen LogP contribution >= 0.6 is 11.3 Å². The van der Waals surface area contributed by atoms with Crippen LogP contribution in [0.5, 0.6) is 0 Å². The minimum absolute atomic E-state index is 0.0725. The molecule has 5 nitrogen and oxygen atoms in total. The second kappa shape index (κ2) is 6.77. The fraction of sp³-hybridized carbons (Fsp3) is 0.333. The molecule has 162 valence electrons. The predicted molar refractivity (Wildman–Crippen MR) is 114 cm³/mol. The van der Waals surface area contributed by atoms with Gasteiger partial charge in [-0.2, -0.15) is 13.2 Å². The quantitative estimate of drug-likeness (QED) is 0.397. The van der Waals surface area contributed by atoms with Gasteiger partial charge in [-0.25, -0.2) is 18.4 Å². The van der Waals surface area contributed by atoms with Gasteiger partial charge < -0.3 is 4.57 Å². The number of rotatable bonds is 4. The number of fused-ring (bicyclic) bond motifs is 2. The third-order valence-corrected chi connectivity index (χ3v) is 8.73. The predicted octanol–water partition coefficient (Wildman–Crippen LogP) is 5.54. The molecule has 0 atom stereocenters. The Labute approximate surface area is 180 Å². The van der Waals surface area contributed by atoms with Crippen LogP contribution in [0, 0.1) is 0 Å². The smallest absolute Gasteiger partial charge is 0.311 e. The summed E-state index contributed by atoms with van der Waals surface area (Å²) in [4.78, 5) is 8.93. The molecule has 10 heteroatoms. The molecule has 0 N–H and O–H groups in total. The highest BCUT2D eigenvalue weighted by atomic mass is 32.2. The van der Waals surface area contributed by atoms with Crippen molar-refractivity contribution in [3.63, 3.8) is 0 Å². The summed E-state index contributed by atoms with van der Waals surface area (Å²) in [5.41, 5.74) is 0.626. The van der Waals surface area contributed by atoms with E-state index < -0.39 is 21.6 Å². The Bertz CT molecular complexity index is 1450. The maximum Gasteiger partial charge on any atom is 0.417 e. The van der Waals surface area contributed by atoms with Crippen molar-refractivity contribution in [3.8, 4) is 10.7 Å². The molecule has 0 bridgehead atoms. The summed E-state index contributed by atoms with van der Waals surface area (Å²) in [6.45, 7) is 1.58. The second-order valence-electron chi connectivity index (χ2n) is 7.75. The fourth-order valence-corrected chi connectivity index (χ4v) is 6.71. The molecule has 1 aliphatic carbocycles. The number of thiophene rings is 1. The Balaban J connectivity index is 1.78. The van der Waals surface area contributed by atoms with Gasteiger partial charge in [0.1, 0.15) is 5.52 Å². The first-order valence-corrected chi connectivity index (χ1v) is 12.3. The maximum absolute atomic E-state index is 13.1. The van der Waals surface area contributed by atoms with Crippen molar-refractivity contribution < 1.29 is 21.6 Å². The summed E-state index contributed by atoms with van der Waals surface area (Å²) in [6, 6.07) is 6.78. The van der Waals surface area contributed by atoms with Crippen molar-refractivity contribution in [1.29, 1.82) is 0 Å². The van der Waals surface area contributed by atoms with Crippen LogP contribution in [0.2, 0.25) is 0 Å². The number of alkyl halides is 3. The lowest BCUT2D eigenvalue weighted by atomic mass is 10.1. The Morgan fingerprint density at radius 1 is 1.23 bits per heavy atom. The normalized spacial score (nSPS) is 15.3. The van der Waals surface area contributed by atoms with Gasteiger partial charge in [-0.3, -0.25) is 0 Å². The van der Waals surface area contributed by atoms with Gasteiger partial charge in [0.15, 0.2) is 21.3 Å². The van der Waals surface area contributed by atoms with Crippen LogP contribution in [-0.4, -0.2) is 28.7 Å². The highest BCUT2D eigenvalue weighted by Gasteiger charge is 2.33. The summed E-state index contributed by atoms with van der Waals surface area (Å²) >= 11 is 1.31. The number of hydrogen-bond donors (Lipinski definition) is 0. The van der Waals surface area contributed by atoms with E-state index in [-0.39, 0.29) is 21.8 Å². The first-order valence-electron chi connectivity index (χ1n) is 9.79. The standard InChI is InChI=1S/C21H18F3N3O2S2/c1-3-31(28,29)18-14-7-6-12(11-4-5-11)8-16(14)30-17(18)20-26-15-9-13(21(22,23)24)10-25-19(15)27(20)2/h6-11H,3-5H2,1-2H3. The number of sulfone groups is 1. The Morgan fingerprint density at radius 3 is 2.61 bits per heavy atom. The first-order chi connectivity index (χ1) is 14.6. The number of hydrogen-bond acceptors (Lipinski definition) is 5. The SMILES string of the molecule is CCS(=O)(=O)c1c(-c2nc3cc(C(F)(F)F)cnc3n2C)sc2cc(C3CC3)ccc12. The number of pyridine rings is 1. The number of benzene rings is 1. The molecule has 0 amide bonds. The molecule has 0 aliphatic heterocycles. The molecule has 0 spiro atoms. The van der Waals surface area contributed by atoms with Crippen LogP contribution in [0.1, 0.15) is 36.8 Å². The van der Waals surface area contributed by atoms with Crippen molar-refractivity contribution >= 4 is 42.4 Å². The molecular weight excluding hydrogens is 447 g/mol. The molecule has 1 aromatic carbocycles. The van der Waals surface area contributed by atoms with E-state index in [1.807, 2.05) is 18.2 Å². The summed E-state index contributed by atoms with van der Waals surface area (Å²) in [5.74, 6) is 0.723. The third-order valence-electron chi connectivity index (χ3n) is 5.65. The van der Waals surface area contributed by atoms with Crippen LogP contribution < -0.4 is 0 Å². The lowest BCUT2D eigenvalue weighted by molar-refractivity contribution is -0.137. The van der Waals surface area contributed by atoms with Crippen molar-refractivity contribution in [3.05, 3.63) is 41.6 Å². The molecular formula is C21H18F3N3O2S2. The van der Waals surface area contributed by atoms with Crippen LogP contribution in [0.4, 0.5) is 13.2 Å². The summed E-state index contributed by atoms with van der Waals surface area (Å²) < 4.78 is 67.7. The van der Waals surface area contributed by atoms with Crippen molar-refractivity contribution in [2.45, 2.75) is 36.8 Å². The summed E-state index contributed by atoms with van der Waals surface area (Å²) in [6.07, 6.45) is -1.51.